The summed E-state index contributed by atoms with van der Waals surface area (Å²) in [6.45, 7) is 0.487. The molecular formula is C18H11Br2N7. The molecule has 0 aliphatic carbocycles. The van der Waals surface area contributed by atoms with Gasteiger partial charge in [0.15, 0.2) is 5.82 Å². The van der Waals surface area contributed by atoms with Crippen LogP contribution in [0.1, 0.15) is 11.1 Å². The first kappa shape index (κ1) is 17.6. The summed E-state index contributed by atoms with van der Waals surface area (Å²) >= 11 is 7.16. The highest BCUT2D eigenvalue weighted by Crippen LogP contribution is 2.31. The molecule has 9 heteroatoms. The molecular weight excluding hydrogens is 474 g/mol. The van der Waals surface area contributed by atoms with Gasteiger partial charge in [0.25, 0.3) is 0 Å². The average molecular weight is 485 g/mol. The van der Waals surface area contributed by atoms with Crippen LogP contribution in [0.3, 0.4) is 0 Å². The van der Waals surface area contributed by atoms with E-state index in [-0.39, 0.29) is 0 Å². The van der Waals surface area contributed by atoms with Crippen LogP contribution in [0, 0.1) is 11.3 Å². The van der Waals surface area contributed by atoms with Crippen LogP contribution < -0.4 is 0 Å². The molecule has 0 radical (unpaired) electrons. The normalized spacial score (nSPS) is 10.7. The fourth-order valence-electron chi connectivity index (χ4n) is 2.64. The van der Waals surface area contributed by atoms with Gasteiger partial charge in [-0.15, -0.1) is 5.10 Å². The number of tetrazole rings is 1. The lowest BCUT2D eigenvalue weighted by molar-refractivity contribution is 0.653. The summed E-state index contributed by atoms with van der Waals surface area (Å²) in [5.41, 5.74) is 3.30. The first-order valence-electron chi connectivity index (χ1n) is 7.91. The van der Waals surface area contributed by atoms with Gasteiger partial charge in [-0.2, -0.15) is 10.4 Å². The van der Waals surface area contributed by atoms with Crippen LogP contribution in [0.2, 0.25) is 0 Å². The van der Waals surface area contributed by atoms with Gasteiger partial charge in [-0.1, -0.05) is 24.3 Å². The first-order valence-corrected chi connectivity index (χ1v) is 9.50. The van der Waals surface area contributed by atoms with Crippen LogP contribution in [0.25, 0.3) is 17.1 Å². The molecule has 0 saturated heterocycles. The second kappa shape index (κ2) is 7.42. The number of hydrogen-bond donors (Lipinski definition) is 0. The third-order valence-electron chi connectivity index (χ3n) is 3.98. The molecule has 7 nitrogen and oxygen atoms in total. The SMILES string of the molecule is N#Cc1ccc(Cn2nnnc2-c2cnn(-c3ccccc3Br)c2Br)cc1. The number of para-hydroxylation sites is 1. The molecule has 2 aromatic carbocycles. The molecule has 2 aromatic heterocycles. The van der Waals surface area contributed by atoms with Gasteiger partial charge >= 0.3 is 0 Å². The second-order valence-corrected chi connectivity index (χ2v) is 7.29. The molecule has 0 unspecified atom stereocenters. The molecule has 0 bridgehead atoms. The standard InChI is InChI=1S/C18H11Br2N7/c19-15-3-1-2-4-16(15)27-17(20)14(10-22-27)18-23-24-25-26(18)11-13-7-5-12(9-21)6-8-13/h1-8,10H,11H2. The molecule has 0 spiro atoms. The van der Waals surface area contributed by atoms with Crippen molar-refractivity contribution in [3.63, 3.8) is 0 Å². The van der Waals surface area contributed by atoms with Gasteiger partial charge in [0.1, 0.15) is 4.60 Å². The maximum atomic E-state index is 8.92. The number of nitrogens with zero attached hydrogens (tertiary/aromatic N) is 7. The zero-order valence-corrected chi connectivity index (χ0v) is 17.0. The van der Waals surface area contributed by atoms with E-state index in [0.717, 1.165) is 25.9 Å². The predicted octanol–water partition coefficient (Wildman–Crippen LogP) is 3.97. The topological polar surface area (TPSA) is 85.2 Å². The Kier molecular flexibility index (Phi) is 4.83. The van der Waals surface area contributed by atoms with E-state index in [1.807, 2.05) is 36.4 Å². The Balaban J connectivity index is 1.69. The van der Waals surface area contributed by atoms with E-state index in [4.69, 9.17) is 5.26 Å². The minimum absolute atomic E-state index is 0.487. The summed E-state index contributed by atoms with van der Waals surface area (Å²) < 4.78 is 5.16. The first-order chi connectivity index (χ1) is 13.2. The van der Waals surface area contributed by atoms with E-state index in [1.54, 1.807) is 27.7 Å². The van der Waals surface area contributed by atoms with Crippen molar-refractivity contribution >= 4 is 31.9 Å². The minimum atomic E-state index is 0.487. The van der Waals surface area contributed by atoms with Gasteiger partial charge in [0, 0.05) is 4.47 Å². The molecule has 0 aliphatic rings. The monoisotopic (exact) mass is 483 g/mol. The summed E-state index contributed by atoms with van der Waals surface area (Å²) in [6, 6.07) is 17.3. The molecule has 0 amide bonds. The maximum absolute atomic E-state index is 8.92. The Morgan fingerprint density at radius 1 is 1.04 bits per heavy atom. The molecule has 0 saturated carbocycles. The van der Waals surface area contributed by atoms with Gasteiger partial charge in [0.2, 0.25) is 0 Å². The van der Waals surface area contributed by atoms with Gasteiger partial charge in [0.05, 0.1) is 35.6 Å². The fourth-order valence-corrected chi connectivity index (χ4v) is 3.65. The number of nitriles is 1. The molecule has 0 N–H and O–H groups in total. The van der Waals surface area contributed by atoms with Crippen molar-refractivity contribution < 1.29 is 0 Å². The van der Waals surface area contributed by atoms with Crippen molar-refractivity contribution in [1.29, 1.82) is 5.26 Å². The lowest BCUT2D eigenvalue weighted by Crippen LogP contribution is -2.04. The van der Waals surface area contributed by atoms with E-state index in [1.165, 1.54) is 0 Å². The smallest absolute Gasteiger partial charge is 0.186 e. The van der Waals surface area contributed by atoms with Gasteiger partial charge in [-0.05, 0) is 72.1 Å². The van der Waals surface area contributed by atoms with Crippen LogP contribution in [0.5, 0.6) is 0 Å². The van der Waals surface area contributed by atoms with Crippen molar-refractivity contribution in [2.75, 3.05) is 0 Å². The number of rotatable bonds is 4. The third-order valence-corrected chi connectivity index (χ3v) is 5.41. The van der Waals surface area contributed by atoms with Crippen LogP contribution in [-0.2, 0) is 6.54 Å². The Bertz CT molecular complexity index is 1140. The zero-order valence-electron chi connectivity index (χ0n) is 13.8. The Morgan fingerprint density at radius 3 is 2.56 bits per heavy atom. The Hall–Kier alpha value is -2.83. The summed E-state index contributed by atoms with van der Waals surface area (Å²) in [6.07, 6.45) is 1.73. The van der Waals surface area contributed by atoms with Crippen molar-refractivity contribution in [3.05, 3.63) is 74.9 Å². The van der Waals surface area contributed by atoms with Crippen LogP contribution in [0.15, 0.2) is 63.8 Å². The number of hydrogen-bond acceptors (Lipinski definition) is 5. The number of halogens is 2. The quantitative estimate of drug-likeness (QED) is 0.437. The highest BCUT2D eigenvalue weighted by molar-refractivity contribution is 9.11. The summed E-state index contributed by atoms with van der Waals surface area (Å²) in [4.78, 5) is 0. The highest BCUT2D eigenvalue weighted by Gasteiger charge is 2.18. The van der Waals surface area contributed by atoms with Gasteiger partial charge < -0.3 is 0 Å². The molecule has 4 aromatic rings. The Labute approximate surface area is 171 Å². The molecule has 27 heavy (non-hydrogen) atoms. The molecule has 0 fully saturated rings. The van der Waals surface area contributed by atoms with E-state index in [9.17, 15) is 0 Å². The van der Waals surface area contributed by atoms with Crippen molar-refractivity contribution in [2.24, 2.45) is 0 Å². The van der Waals surface area contributed by atoms with Gasteiger partial charge in [-0.3, -0.25) is 0 Å². The summed E-state index contributed by atoms with van der Waals surface area (Å²) in [5, 5.41) is 25.5. The minimum Gasteiger partial charge on any atom is -0.225 e. The lowest BCUT2D eigenvalue weighted by atomic mass is 10.1. The van der Waals surface area contributed by atoms with Crippen molar-refractivity contribution in [2.45, 2.75) is 6.54 Å². The van der Waals surface area contributed by atoms with E-state index in [0.29, 0.717) is 17.9 Å². The number of benzene rings is 2. The third kappa shape index (κ3) is 3.41. The van der Waals surface area contributed by atoms with Crippen LogP contribution in [-0.4, -0.2) is 30.0 Å². The summed E-state index contributed by atoms with van der Waals surface area (Å²) in [7, 11) is 0. The van der Waals surface area contributed by atoms with E-state index < -0.39 is 0 Å². The Morgan fingerprint density at radius 2 is 1.81 bits per heavy atom. The van der Waals surface area contributed by atoms with Crippen LogP contribution in [0.4, 0.5) is 0 Å². The van der Waals surface area contributed by atoms with Gasteiger partial charge in [-0.25, -0.2) is 9.36 Å². The average Bonchev–Trinajstić information content (AvgIpc) is 3.29. The van der Waals surface area contributed by atoms with E-state index in [2.05, 4.69) is 58.6 Å². The van der Waals surface area contributed by atoms with E-state index >= 15 is 0 Å². The molecule has 2 heterocycles. The molecule has 0 aliphatic heterocycles. The van der Waals surface area contributed by atoms with Crippen molar-refractivity contribution in [1.82, 2.24) is 30.0 Å². The van der Waals surface area contributed by atoms with Crippen molar-refractivity contribution in [3.8, 4) is 23.1 Å². The molecule has 132 valence electrons. The highest BCUT2D eigenvalue weighted by atomic mass is 79.9. The fraction of sp³-hybridized carbons (Fsp3) is 0.0556. The largest absolute Gasteiger partial charge is 0.225 e. The molecule has 4 rings (SSSR count). The molecule has 0 atom stereocenters. The summed E-state index contributed by atoms with van der Waals surface area (Å²) in [5.74, 6) is 0.601. The van der Waals surface area contributed by atoms with Crippen LogP contribution >= 0.6 is 31.9 Å². The zero-order chi connectivity index (χ0) is 18.8. The lowest BCUT2D eigenvalue weighted by Gasteiger charge is -2.07. The predicted molar refractivity (Wildman–Crippen MR) is 106 cm³/mol. The maximum Gasteiger partial charge on any atom is 0.186 e. The second-order valence-electron chi connectivity index (χ2n) is 5.68. The number of aromatic nitrogens is 6.